The number of benzene rings is 3. The van der Waals surface area contributed by atoms with Gasteiger partial charge in [0.1, 0.15) is 24.7 Å². The number of likely N-dealkylation sites (N-methyl/N-ethyl adjacent to an activating group) is 1. The van der Waals surface area contributed by atoms with Crippen LogP contribution < -0.4 is 10.6 Å². The Labute approximate surface area is 243 Å². The SMILES string of the molecule is CCN1C(=O)[C@H]2[C@@H](NC(=O)[C@H](C)NC(=O)OCC3c4ccccc4-c4ccccc43)N(Cc3ccccc3)O[C@H]2C1=O. The molecule has 2 aliphatic heterocycles. The van der Waals surface area contributed by atoms with Crippen LogP contribution in [0.1, 0.15) is 36.5 Å². The highest BCUT2D eigenvalue weighted by molar-refractivity contribution is 6.07. The Hall–Kier alpha value is -4.54. The van der Waals surface area contributed by atoms with E-state index in [1.165, 1.54) is 12.0 Å². The minimum atomic E-state index is -1.02. The monoisotopic (exact) mass is 568 g/mol. The third-order valence-electron chi connectivity index (χ3n) is 8.15. The average Bonchev–Trinajstić information content (AvgIpc) is 3.59. The van der Waals surface area contributed by atoms with E-state index in [-0.39, 0.29) is 25.6 Å². The van der Waals surface area contributed by atoms with Crippen molar-refractivity contribution in [3.8, 4) is 11.1 Å². The number of nitrogens with zero attached hydrogens (tertiary/aromatic N) is 2. The number of ether oxygens (including phenoxy) is 1. The van der Waals surface area contributed by atoms with Crippen LogP contribution in [0.25, 0.3) is 11.1 Å². The molecule has 4 atom stereocenters. The summed E-state index contributed by atoms with van der Waals surface area (Å²) >= 11 is 0. The molecule has 10 nitrogen and oxygen atoms in total. The zero-order valence-corrected chi connectivity index (χ0v) is 23.4. The Kier molecular flexibility index (Phi) is 7.49. The number of hydrogen-bond acceptors (Lipinski definition) is 7. The number of nitrogens with one attached hydrogen (secondary N) is 2. The number of alkyl carbamates (subject to hydrolysis) is 1. The number of fused-ring (bicyclic) bond motifs is 4. The predicted molar refractivity (Wildman–Crippen MR) is 152 cm³/mol. The summed E-state index contributed by atoms with van der Waals surface area (Å²) in [7, 11) is 0. The third-order valence-corrected chi connectivity index (χ3v) is 8.15. The zero-order chi connectivity index (χ0) is 29.4. The quantitative estimate of drug-likeness (QED) is 0.401. The zero-order valence-electron chi connectivity index (χ0n) is 23.4. The summed E-state index contributed by atoms with van der Waals surface area (Å²) in [5, 5.41) is 6.90. The maximum absolute atomic E-state index is 13.3. The Morgan fingerprint density at radius 2 is 1.52 bits per heavy atom. The highest BCUT2D eigenvalue weighted by atomic mass is 16.7. The van der Waals surface area contributed by atoms with Crippen molar-refractivity contribution in [3.63, 3.8) is 0 Å². The van der Waals surface area contributed by atoms with Crippen LogP contribution in [0.5, 0.6) is 0 Å². The number of imide groups is 1. The summed E-state index contributed by atoms with van der Waals surface area (Å²) in [4.78, 5) is 59.1. The second kappa shape index (κ2) is 11.4. The molecule has 42 heavy (non-hydrogen) atoms. The third kappa shape index (κ3) is 4.93. The van der Waals surface area contributed by atoms with Crippen molar-refractivity contribution in [3.05, 3.63) is 95.6 Å². The van der Waals surface area contributed by atoms with Crippen LogP contribution in [0.2, 0.25) is 0 Å². The summed E-state index contributed by atoms with van der Waals surface area (Å²) < 4.78 is 5.59. The number of carbonyl (C=O) groups is 4. The van der Waals surface area contributed by atoms with Gasteiger partial charge < -0.3 is 15.4 Å². The molecule has 10 heteroatoms. The number of likely N-dealkylation sites (tertiary alicyclic amines) is 1. The molecule has 2 saturated heterocycles. The van der Waals surface area contributed by atoms with Gasteiger partial charge in [-0.1, -0.05) is 78.9 Å². The fourth-order valence-electron chi connectivity index (χ4n) is 6.05. The molecule has 0 aromatic heterocycles. The van der Waals surface area contributed by atoms with Crippen molar-refractivity contribution < 1.29 is 28.8 Å². The van der Waals surface area contributed by atoms with E-state index in [9.17, 15) is 19.2 Å². The first-order valence-electron chi connectivity index (χ1n) is 14.1. The molecule has 0 saturated carbocycles. The lowest BCUT2D eigenvalue weighted by molar-refractivity contribution is -0.186. The van der Waals surface area contributed by atoms with Crippen LogP contribution in [0.4, 0.5) is 4.79 Å². The molecule has 0 radical (unpaired) electrons. The molecule has 4 amide bonds. The van der Waals surface area contributed by atoms with Gasteiger partial charge in [0.25, 0.3) is 5.91 Å². The van der Waals surface area contributed by atoms with Gasteiger partial charge in [0.2, 0.25) is 11.8 Å². The lowest BCUT2D eigenvalue weighted by Crippen LogP contribution is -2.55. The molecule has 2 heterocycles. The minimum absolute atomic E-state index is 0.112. The number of amides is 4. The maximum Gasteiger partial charge on any atom is 0.407 e. The molecule has 0 unspecified atom stereocenters. The Morgan fingerprint density at radius 3 is 2.17 bits per heavy atom. The molecule has 2 fully saturated rings. The van der Waals surface area contributed by atoms with Gasteiger partial charge in [0.05, 0.1) is 6.54 Å². The summed E-state index contributed by atoms with van der Waals surface area (Å²) in [6, 6.07) is 24.5. The van der Waals surface area contributed by atoms with E-state index in [0.29, 0.717) is 0 Å². The molecule has 6 rings (SSSR count). The van der Waals surface area contributed by atoms with E-state index in [2.05, 4.69) is 22.8 Å². The van der Waals surface area contributed by atoms with E-state index in [1.54, 1.807) is 6.92 Å². The molecule has 0 spiro atoms. The van der Waals surface area contributed by atoms with E-state index >= 15 is 0 Å². The molecule has 0 bridgehead atoms. The standard InChI is InChI=1S/C32H32N4O6/c1-3-35-30(38)26-27(31(35)39)42-36(17-20-11-5-4-6-12-20)28(26)34-29(37)19(2)33-32(40)41-18-25-23-15-9-7-13-21(23)22-14-8-10-16-24(22)25/h4-16,19,25-28H,3,17-18H2,1-2H3,(H,33,40)(H,34,37)/t19-,26+,27+,28-/m0/s1. The smallest absolute Gasteiger partial charge is 0.407 e. The molecule has 1 aliphatic carbocycles. The van der Waals surface area contributed by atoms with Crippen molar-refractivity contribution in [2.45, 2.75) is 44.6 Å². The van der Waals surface area contributed by atoms with Gasteiger partial charge in [-0.05, 0) is 41.7 Å². The van der Waals surface area contributed by atoms with Gasteiger partial charge in [-0.2, -0.15) is 5.06 Å². The van der Waals surface area contributed by atoms with Crippen LogP contribution in [0.15, 0.2) is 78.9 Å². The van der Waals surface area contributed by atoms with E-state index in [1.807, 2.05) is 66.7 Å². The van der Waals surface area contributed by atoms with Crippen LogP contribution >= 0.6 is 0 Å². The van der Waals surface area contributed by atoms with E-state index < -0.39 is 48.0 Å². The van der Waals surface area contributed by atoms with Crippen LogP contribution in [0.3, 0.4) is 0 Å². The first-order valence-corrected chi connectivity index (χ1v) is 14.1. The highest BCUT2D eigenvalue weighted by Crippen LogP contribution is 2.44. The molecule has 3 aromatic rings. The molecular weight excluding hydrogens is 536 g/mol. The van der Waals surface area contributed by atoms with Gasteiger partial charge in [0.15, 0.2) is 6.10 Å². The fourth-order valence-corrected chi connectivity index (χ4v) is 6.05. The molecular formula is C32H32N4O6. The summed E-state index contributed by atoms with van der Waals surface area (Å²) in [5.74, 6) is -2.37. The Balaban J connectivity index is 1.11. The molecule has 3 aromatic carbocycles. The second-order valence-corrected chi connectivity index (χ2v) is 10.7. The van der Waals surface area contributed by atoms with Gasteiger partial charge in [-0.25, -0.2) is 4.79 Å². The number of hydrogen-bond donors (Lipinski definition) is 2. The minimum Gasteiger partial charge on any atom is -0.449 e. The second-order valence-electron chi connectivity index (χ2n) is 10.7. The summed E-state index contributed by atoms with van der Waals surface area (Å²) in [6.07, 6.45) is -2.65. The van der Waals surface area contributed by atoms with Crippen LogP contribution in [0, 0.1) is 5.92 Å². The number of carbonyl (C=O) groups excluding carboxylic acids is 4. The topological polar surface area (TPSA) is 117 Å². The lowest BCUT2D eigenvalue weighted by Gasteiger charge is -2.28. The largest absolute Gasteiger partial charge is 0.449 e. The van der Waals surface area contributed by atoms with Crippen molar-refractivity contribution >= 4 is 23.8 Å². The van der Waals surface area contributed by atoms with Crippen LogP contribution in [-0.2, 0) is 30.5 Å². The van der Waals surface area contributed by atoms with Crippen LogP contribution in [-0.4, -0.2) is 65.2 Å². The first kappa shape index (κ1) is 27.6. The van der Waals surface area contributed by atoms with Gasteiger partial charge in [-0.3, -0.25) is 24.1 Å². The molecule has 2 N–H and O–H groups in total. The first-order chi connectivity index (χ1) is 20.4. The predicted octanol–water partition coefficient (Wildman–Crippen LogP) is 3.18. The number of hydroxylamine groups is 2. The number of rotatable bonds is 8. The average molecular weight is 569 g/mol. The van der Waals surface area contributed by atoms with Gasteiger partial charge in [-0.15, -0.1) is 0 Å². The van der Waals surface area contributed by atoms with Crippen molar-refractivity contribution in [2.75, 3.05) is 13.2 Å². The van der Waals surface area contributed by atoms with Crippen molar-refractivity contribution in [2.24, 2.45) is 5.92 Å². The summed E-state index contributed by atoms with van der Waals surface area (Å²) in [6.45, 7) is 3.83. The van der Waals surface area contributed by atoms with Crippen molar-refractivity contribution in [1.82, 2.24) is 20.6 Å². The van der Waals surface area contributed by atoms with E-state index in [4.69, 9.17) is 9.57 Å². The summed E-state index contributed by atoms with van der Waals surface area (Å²) in [5.41, 5.74) is 5.29. The Morgan fingerprint density at radius 1 is 0.905 bits per heavy atom. The maximum atomic E-state index is 13.3. The normalized spacial score (nSPS) is 22.0. The fraction of sp³-hybridized carbons (Fsp3) is 0.312. The molecule has 3 aliphatic rings. The van der Waals surface area contributed by atoms with Gasteiger partial charge >= 0.3 is 6.09 Å². The Bertz CT molecular complexity index is 1480. The van der Waals surface area contributed by atoms with E-state index in [0.717, 1.165) is 32.7 Å². The lowest BCUT2D eigenvalue weighted by atomic mass is 9.98. The van der Waals surface area contributed by atoms with Crippen molar-refractivity contribution in [1.29, 1.82) is 0 Å². The molecule has 216 valence electrons. The van der Waals surface area contributed by atoms with Gasteiger partial charge in [0, 0.05) is 12.5 Å². The highest BCUT2D eigenvalue weighted by Gasteiger charge is 2.59.